The van der Waals surface area contributed by atoms with Crippen LogP contribution in [0.25, 0.3) is 0 Å². The van der Waals surface area contributed by atoms with Crippen LogP contribution in [0.2, 0.25) is 25.1 Å². The van der Waals surface area contributed by atoms with Crippen LogP contribution in [0, 0.1) is 0 Å². The van der Waals surface area contributed by atoms with Crippen molar-refractivity contribution in [1.29, 1.82) is 0 Å². The normalized spacial score (nSPS) is 10.8. The number of rotatable bonds is 6. The van der Waals surface area contributed by atoms with Crippen LogP contribution in [0.5, 0.6) is 5.75 Å². The maximum absolute atomic E-state index is 6.09. The molecule has 0 unspecified atom stereocenters. The zero-order valence-corrected chi connectivity index (χ0v) is 15.1. The SMILES string of the molecule is Clc1ccc(CNCCOc2c(Cl)cc(Cl)cc2Cl)c(Cl)c1. The van der Waals surface area contributed by atoms with E-state index in [1.54, 1.807) is 24.3 Å². The van der Waals surface area contributed by atoms with E-state index in [1.165, 1.54) is 0 Å². The van der Waals surface area contributed by atoms with Gasteiger partial charge >= 0.3 is 0 Å². The summed E-state index contributed by atoms with van der Waals surface area (Å²) in [6.07, 6.45) is 0. The van der Waals surface area contributed by atoms with Crippen molar-refractivity contribution in [3.05, 3.63) is 61.0 Å². The molecule has 0 fully saturated rings. The predicted octanol–water partition coefficient (Wildman–Crippen LogP) is 6.12. The predicted molar refractivity (Wildman–Crippen MR) is 95.1 cm³/mol. The van der Waals surface area contributed by atoms with Gasteiger partial charge < -0.3 is 10.1 Å². The molecule has 0 aliphatic rings. The zero-order valence-electron chi connectivity index (χ0n) is 11.3. The number of nitrogens with one attached hydrogen (secondary N) is 1. The van der Waals surface area contributed by atoms with Gasteiger partial charge in [-0.05, 0) is 29.8 Å². The minimum absolute atomic E-state index is 0.387. The van der Waals surface area contributed by atoms with E-state index in [1.807, 2.05) is 6.07 Å². The summed E-state index contributed by atoms with van der Waals surface area (Å²) in [6, 6.07) is 8.57. The van der Waals surface area contributed by atoms with Crippen LogP contribution < -0.4 is 10.1 Å². The third kappa shape index (κ3) is 5.09. The molecular formula is C15H12Cl5NO. The molecular weight excluding hydrogens is 387 g/mol. The van der Waals surface area contributed by atoms with Crippen molar-refractivity contribution in [2.45, 2.75) is 6.54 Å². The molecule has 0 aliphatic carbocycles. The first kappa shape index (κ1) is 18.0. The minimum Gasteiger partial charge on any atom is -0.489 e. The second-order valence-corrected chi connectivity index (χ2v) is 6.55. The molecule has 0 spiro atoms. The van der Waals surface area contributed by atoms with Crippen LogP contribution in [0.3, 0.4) is 0 Å². The van der Waals surface area contributed by atoms with Crippen molar-refractivity contribution in [2.24, 2.45) is 0 Å². The lowest BCUT2D eigenvalue weighted by molar-refractivity contribution is 0.314. The van der Waals surface area contributed by atoms with Crippen LogP contribution in [0.4, 0.5) is 0 Å². The van der Waals surface area contributed by atoms with Crippen molar-refractivity contribution in [3.8, 4) is 5.75 Å². The zero-order chi connectivity index (χ0) is 16.1. The third-order valence-corrected chi connectivity index (χ3v) is 4.19. The number of halogens is 5. The molecule has 0 bridgehead atoms. The lowest BCUT2D eigenvalue weighted by atomic mass is 10.2. The quantitative estimate of drug-likeness (QED) is 0.591. The van der Waals surface area contributed by atoms with E-state index in [2.05, 4.69) is 5.32 Å². The summed E-state index contributed by atoms with van der Waals surface area (Å²) in [7, 11) is 0. The molecule has 118 valence electrons. The summed E-state index contributed by atoms with van der Waals surface area (Å²) in [5.41, 5.74) is 0.966. The van der Waals surface area contributed by atoms with E-state index in [0.29, 0.717) is 50.6 Å². The Morgan fingerprint density at radius 1 is 0.818 bits per heavy atom. The van der Waals surface area contributed by atoms with E-state index >= 15 is 0 Å². The van der Waals surface area contributed by atoms with Crippen molar-refractivity contribution < 1.29 is 4.74 Å². The smallest absolute Gasteiger partial charge is 0.156 e. The van der Waals surface area contributed by atoms with Gasteiger partial charge in [-0.3, -0.25) is 0 Å². The maximum atomic E-state index is 6.09. The molecule has 7 heteroatoms. The van der Waals surface area contributed by atoms with Crippen LogP contribution in [0.15, 0.2) is 30.3 Å². The molecule has 0 atom stereocenters. The van der Waals surface area contributed by atoms with Crippen molar-refractivity contribution in [2.75, 3.05) is 13.2 Å². The molecule has 0 aliphatic heterocycles. The monoisotopic (exact) mass is 397 g/mol. The molecule has 2 rings (SSSR count). The van der Waals surface area contributed by atoms with Gasteiger partial charge in [-0.15, -0.1) is 0 Å². The first-order valence-corrected chi connectivity index (χ1v) is 8.28. The lowest BCUT2D eigenvalue weighted by Gasteiger charge is -2.11. The number of ether oxygens (including phenoxy) is 1. The number of hydrogen-bond acceptors (Lipinski definition) is 2. The van der Waals surface area contributed by atoms with Gasteiger partial charge in [0.05, 0.1) is 10.0 Å². The Morgan fingerprint density at radius 3 is 2.09 bits per heavy atom. The number of benzene rings is 2. The summed E-state index contributed by atoms with van der Waals surface area (Å²) in [5, 5.41) is 5.71. The Morgan fingerprint density at radius 2 is 1.45 bits per heavy atom. The molecule has 0 saturated heterocycles. The Labute approximate surface area is 154 Å². The largest absolute Gasteiger partial charge is 0.489 e. The fourth-order valence-electron chi connectivity index (χ4n) is 1.78. The summed E-state index contributed by atoms with van der Waals surface area (Å²) < 4.78 is 5.57. The Bertz CT molecular complexity index is 639. The average Bonchev–Trinajstić information content (AvgIpc) is 2.42. The Kier molecular flexibility index (Phi) is 6.94. The molecule has 2 aromatic rings. The lowest BCUT2D eigenvalue weighted by Crippen LogP contribution is -2.20. The van der Waals surface area contributed by atoms with E-state index < -0.39 is 0 Å². The van der Waals surface area contributed by atoms with Crippen LogP contribution >= 0.6 is 58.0 Å². The second kappa shape index (κ2) is 8.49. The highest BCUT2D eigenvalue weighted by Gasteiger charge is 2.09. The first-order valence-electron chi connectivity index (χ1n) is 6.39. The van der Waals surface area contributed by atoms with Gasteiger partial charge in [0.1, 0.15) is 6.61 Å². The molecule has 22 heavy (non-hydrogen) atoms. The first-order chi connectivity index (χ1) is 10.5. The van der Waals surface area contributed by atoms with Crippen LogP contribution in [0.1, 0.15) is 5.56 Å². The summed E-state index contributed by atoms with van der Waals surface area (Å²) >= 11 is 29.9. The van der Waals surface area contributed by atoms with Gasteiger partial charge in [0.2, 0.25) is 0 Å². The summed E-state index contributed by atoms with van der Waals surface area (Å²) in [6.45, 7) is 1.63. The fraction of sp³-hybridized carbons (Fsp3) is 0.200. The second-order valence-electron chi connectivity index (χ2n) is 4.46. The molecule has 2 nitrogen and oxygen atoms in total. The maximum Gasteiger partial charge on any atom is 0.156 e. The van der Waals surface area contributed by atoms with Crippen molar-refractivity contribution in [3.63, 3.8) is 0 Å². The van der Waals surface area contributed by atoms with Crippen molar-refractivity contribution in [1.82, 2.24) is 5.32 Å². The van der Waals surface area contributed by atoms with Crippen LogP contribution in [-0.2, 0) is 6.54 Å². The molecule has 0 heterocycles. The Balaban J connectivity index is 1.80. The highest BCUT2D eigenvalue weighted by molar-refractivity contribution is 6.40. The Hall–Kier alpha value is -0.350. The molecule has 0 amide bonds. The molecule has 1 N–H and O–H groups in total. The van der Waals surface area contributed by atoms with Gasteiger partial charge in [0.15, 0.2) is 5.75 Å². The summed E-state index contributed by atoms with van der Waals surface area (Å²) in [5.74, 6) is 0.430. The van der Waals surface area contributed by atoms with E-state index in [9.17, 15) is 0 Å². The van der Waals surface area contributed by atoms with Gasteiger partial charge in [-0.25, -0.2) is 0 Å². The third-order valence-electron chi connectivity index (χ3n) is 2.82. The summed E-state index contributed by atoms with van der Waals surface area (Å²) in [4.78, 5) is 0. The fourth-order valence-corrected chi connectivity index (χ4v) is 3.18. The van der Waals surface area contributed by atoms with Gasteiger partial charge in [0.25, 0.3) is 0 Å². The van der Waals surface area contributed by atoms with Gasteiger partial charge in [-0.2, -0.15) is 0 Å². The van der Waals surface area contributed by atoms with Gasteiger partial charge in [0, 0.05) is 28.2 Å². The molecule has 0 saturated carbocycles. The van der Waals surface area contributed by atoms with E-state index in [0.717, 1.165) is 5.56 Å². The molecule has 0 aromatic heterocycles. The van der Waals surface area contributed by atoms with Gasteiger partial charge in [-0.1, -0.05) is 64.1 Å². The molecule has 2 aromatic carbocycles. The highest BCUT2D eigenvalue weighted by atomic mass is 35.5. The minimum atomic E-state index is 0.387. The topological polar surface area (TPSA) is 21.3 Å². The molecule has 0 radical (unpaired) electrons. The number of hydrogen-bond donors (Lipinski definition) is 1. The van der Waals surface area contributed by atoms with E-state index in [4.69, 9.17) is 62.7 Å². The standard InChI is InChI=1S/C15H12Cl5NO/c16-10-2-1-9(12(18)5-10)8-21-3-4-22-15-13(19)6-11(17)7-14(15)20/h1-2,5-7,21H,3-4,8H2. The van der Waals surface area contributed by atoms with Crippen molar-refractivity contribution >= 4 is 58.0 Å². The van der Waals surface area contributed by atoms with Crippen LogP contribution in [-0.4, -0.2) is 13.2 Å². The average molecular weight is 400 g/mol. The highest BCUT2D eigenvalue weighted by Crippen LogP contribution is 2.35. The van der Waals surface area contributed by atoms with E-state index in [-0.39, 0.29) is 0 Å².